The first-order valence-corrected chi connectivity index (χ1v) is 13.5. The van der Waals surface area contributed by atoms with Gasteiger partial charge in [-0.1, -0.05) is 12.8 Å². The molecule has 2 aromatic heterocycles. The van der Waals surface area contributed by atoms with E-state index < -0.39 is 0 Å². The van der Waals surface area contributed by atoms with Gasteiger partial charge in [-0.3, -0.25) is 9.69 Å². The maximum absolute atomic E-state index is 12.9. The molecule has 9 heteroatoms. The molecular weight excluding hydrogens is 442 g/mol. The number of carbonyl (C=O) groups excluding carboxylic acids is 1. The van der Waals surface area contributed by atoms with Crippen molar-refractivity contribution < 1.29 is 9.53 Å². The minimum Gasteiger partial charge on any atom is -0.380 e. The molecular formula is C26H39N7O2. The second-order valence-electron chi connectivity index (χ2n) is 10.1. The Kier molecular flexibility index (Phi) is 8.38. The summed E-state index contributed by atoms with van der Waals surface area (Å²) < 4.78 is 5.55. The summed E-state index contributed by atoms with van der Waals surface area (Å²) in [7, 11) is 0. The average molecular weight is 482 g/mol. The normalized spacial score (nSPS) is 21.5. The van der Waals surface area contributed by atoms with E-state index in [1.54, 1.807) is 12.3 Å². The number of nitrogens with one attached hydrogen (secondary N) is 1. The SMILES string of the molecule is O=C(NC1CCN(CCN2CCCOCC2)CC1)c1ccc2nc(N3CCCCCC3)ncc2n1. The molecule has 190 valence electrons. The van der Waals surface area contributed by atoms with Gasteiger partial charge in [0.25, 0.3) is 5.91 Å². The minimum absolute atomic E-state index is 0.105. The van der Waals surface area contributed by atoms with Crippen LogP contribution in [0.15, 0.2) is 18.3 Å². The largest absolute Gasteiger partial charge is 0.380 e. The number of anilines is 1. The molecule has 5 heterocycles. The number of nitrogens with zero attached hydrogens (tertiary/aromatic N) is 6. The molecule has 2 aromatic rings. The summed E-state index contributed by atoms with van der Waals surface area (Å²) in [5, 5.41) is 3.20. The number of amides is 1. The number of aromatic nitrogens is 3. The highest BCUT2D eigenvalue weighted by Gasteiger charge is 2.22. The predicted molar refractivity (Wildman–Crippen MR) is 137 cm³/mol. The number of hydrogen-bond donors (Lipinski definition) is 1. The molecule has 0 bridgehead atoms. The molecule has 0 aromatic carbocycles. The van der Waals surface area contributed by atoms with E-state index in [4.69, 9.17) is 9.72 Å². The lowest BCUT2D eigenvalue weighted by Gasteiger charge is -2.33. The number of rotatable bonds is 6. The van der Waals surface area contributed by atoms with E-state index in [2.05, 4.69) is 30.0 Å². The molecule has 0 spiro atoms. The molecule has 1 amide bonds. The third kappa shape index (κ3) is 6.65. The number of fused-ring (bicyclic) bond motifs is 1. The molecule has 1 N–H and O–H groups in total. The lowest BCUT2D eigenvalue weighted by atomic mass is 10.0. The highest BCUT2D eigenvalue weighted by molar-refractivity contribution is 5.94. The molecule has 3 fully saturated rings. The van der Waals surface area contributed by atoms with Crippen LogP contribution in [0.1, 0.15) is 55.4 Å². The van der Waals surface area contributed by atoms with Gasteiger partial charge in [-0.15, -0.1) is 0 Å². The molecule has 0 saturated carbocycles. The first kappa shape index (κ1) is 24.3. The smallest absolute Gasteiger partial charge is 0.270 e. The van der Waals surface area contributed by atoms with E-state index in [0.717, 1.165) is 96.3 Å². The van der Waals surface area contributed by atoms with E-state index in [0.29, 0.717) is 11.2 Å². The van der Waals surface area contributed by atoms with Crippen molar-refractivity contribution in [2.45, 2.75) is 51.0 Å². The van der Waals surface area contributed by atoms with Crippen LogP contribution in [0.3, 0.4) is 0 Å². The number of piperidine rings is 1. The number of ether oxygens (including phenoxy) is 1. The quantitative estimate of drug-likeness (QED) is 0.673. The van der Waals surface area contributed by atoms with E-state index in [9.17, 15) is 4.79 Å². The summed E-state index contributed by atoms with van der Waals surface area (Å²) >= 11 is 0. The Balaban J connectivity index is 1.11. The zero-order valence-corrected chi connectivity index (χ0v) is 20.8. The van der Waals surface area contributed by atoms with Gasteiger partial charge in [0.15, 0.2) is 0 Å². The fraction of sp³-hybridized carbons (Fsp3) is 0.692. The first-order chi connectivity index (χ1) is 17.2. The van der Waals surface area contributed by atoms with Crippen molar-refractivity contribution in [2.75, 3.05) is 70.5 Å². The van der Waals surface area contributed by atoms with Gasteiger partial charge in [0.1, 0.15) is 11.2 Å². The molecule has 0 radical (unpaired) electrons. The molecule has 35 heavy (non-hydrogen) atoms. The Hall–Kier alpha value is -2.36. The predicted octanol–water partition coefficient (Wildman–Crippen LogP) is 2.32. The second-order valence-corrected chi connectivity index (χ2v) is 10.1. The molecule has 9 nitrogen and oxygen atoms in total. The van der Waals surface area contributed by atoms with Crippen molar-refractivity contribution in [2.24, 2.45) is 0 Å². The van der Waals surface area contributed by atoms with Crippen molar-refractivity contribution in [3.8, 4) is 0 Å². The Labute approximate surface area is 208 Å². The fourth-order valence-electron chi connectivity index (χ4n) is 5.33. The summed E-state index contributed by atoms with van der Waals surface area (Å²) in [6.45, 7) is 10.2. The lowest BCUT2D eigenvalue weighted by molar-refractivity contribution is 0.0901. The standard InChI is InChI=1S/C26H39N7O2/c34-25(28-21-8-13-32(14-9-21)16-15-31-10-5-18-35-19-17-31)23-7-6-22-24(29-23)20-27-26(30-22)33-11-3-1-2-4-12-33/h6-7,20-21H,1-5,8-19H2,(H,28,34). The zero-order chi connectivity index (χ0) is 23.9. The Bertz CT molecular complexity index is 963. The van der Waals surface area contributed by atoms with Crippen LogP contribution in [0.5, 0.6) is 0 Å². The minimum atomic E-state index is -0.105. The molecule has 0 atom stereocenters. The maximum Gasteiger partial charge on any atom is 0.270 e. The first-order valence-electron chi connectivity index (χ1n) is 13.5. The topological polar surface area (TPSA) is 86.7 Å². The summed E-state index contributed by atoms with van der Waals surface area (Å²) in [5.74, 6) is 0.667. The van der Waals surface area contributed by atoms with Gasteiger partial charge in [-0.25, -0.2) is 15.0 Å². The number of pyridine rings is 1. The van der Waals surface area contributed by atoms with Gasteiger partial charge in [-0.05, 0) is 44.2 Å². The summed E-state index contributed by atoms with van der Waals surface area (Å²) in [5.41, 5.74) is 1.90. The average Bonchev–Trinajstić information content (AvgIpc) is 3.33. The second kappa shape index (κ2) is 12.1. The van der Waals surface area contributed by atoms with E-state index in [-0.39, 0.29) is 11.9 Å². The molecule has 3 aliphatic rings. The monoisotopic (exact) mass is 481 g/mol. The fourth-order valence-corrected chi connectivity index (χ4v) is 5.33. The van der Waals surface area contributed by atoms with Crippen LogP contribution in [0, 0.1) is 0 Å². The van der Waals surface area contributed by atoms with Crippen molar-refractivity contribution in [1.82, 2.24) is 30.1 Å². The van der Waals surface area contributed by atoms with Crippen LogP contribution in [0.4, 0.5) is 5.95 Å². The summed E-state index contributed by atoms with van der Waals surface area (Å²) in [6, 6.07) is 3.89. The maximum atomic E-state index is 12.9. The van der Waals surface area contributed by atoms with Crippen molar-refractivity contribution in [1.29, 1.82) is 0 Å². The highest BCUT2D eigenvalue weighted by Crippen LogP contribution is 2.19. The Morgan fingerprint density at radius 3 is 2.43 bits per heavy atom. The van der Waals surface area contributed by atoms with E-state index in [1.807, 2.05) is 6.07 Å². The van der Waals surface area contributed by atoms with Crippen LogP contribution in [-0.2, 0) is 4.74 Å². The number of likely N-dealkylation sites (tertiary alicyclic amines) is 1. The highest BCUT2D eigenvalue weighted by atomic mass is 16.5. The molecule has 0 aliphatic carbocycles. The van der Waals surface area contributed by atoms with Crippen LogP contribution >= 0.6 is 0 Å². The van der Waals surface area contributed by atoms with Gasteiger partial charge in [0.05, 0.1) is 18.3 Å². The molecule has 5 rings (SSSR count). The Morgan fingerprint density at radius 2 is 1.63 bits per heavy atom. The third-order valence-electron chi connectivity index (χ3n) is 7.52. The van der Waals surface area contributed by atoms with Gasteiger partial charge >= 0.3 is 0 Å². The van der Waals surface area contributed by atoms with Crippen LogP contribution in [0.25, 0.3) is 11.0 Å². The summed E-state index contributed by atoms with van der Waals surface area (Å²) in [6.07, 6.45) is 9.76. The van der Waals surface area contributed by atoms with Crippen LogP contribution in [0.2, 0.25) is 0 Å². The number of hydrogen-bond acceptors (Lipinski definition) is 8. The van der Waals surface area contributed by atoms with E-state index in [1.165, 1.54) is 25.7 Å². The third-order valence-corrected chi connectivity index (χ3v) is 7.52. The zero-order valence-electron chi connectivity index (χ0n) is 20.8. The van der Waals surface area contributed by atoms with Crippen molar-refractivity contribution >= 4 is 22.9 Å². The number of carbonyl (C=O) groups is 1. The van der Waals surface area contributed by atoms with Gasteiger partial charge in [0.2, 0.25) is 5.95 Å². The van der Waals surface area contributed by atoms with E-state index >= 15 is 0 Å². The Morgan fingerprint density at radius 1 is 0.857 bits per heavy atom. The van der Waals surface area contributed by atoms with Crippen LogP contribution in [-0.4, -0.2) is 102 Å². The van der Waals surface area contributed by atoms with Gasteiger partial charge in [0, 0.05) is 65.0 Å². The lowest BCUT2D eigenvalue weighted by Crippen LogP contribution is -2.46. The molecule has 3 saturated heterocycles. The van der Waals surface area contributed by atoms with Gasteiger partial charge in [-0.2, -0.15) is 0 Å². The van der Waals surface area contributed by atoms with Gasteiger partial charge < -0.3 is 19.9 Å². The molecule has 0 unspecified atom stereocenters. The van der Waals surface area contributed by atoms with Crippen LogP contribution < -0.4 is 10.2 Å². The van der Waals surface area contributed by atoms with Crippen molar-refractivity contribution in [3.63, 3.8) is 0 Å². The van der Waals surface area contributed by atoms with Crippen molar-refractivity contribution in [3.05, 3.63) is 24.0 Å². The molecule has 3 aliphatic heterocycles. The summed E-state index contributed by atoms with van der Waals surface area (Å²) in [4.78, 5) is 34.0.